The number of hydrogen-bond donors (Lipinski definition) is 2. The van der Waals surface area contributed by atoms with Crippen molar-refractivity contribution in [1.82, 2.24) is 4.57 Å². The fraction of sp³-hybridized carbons (Fsp3) is 0.294. The summed E-state index contributed by atoms with van der Waals surface area (Å²) in [4.78, 5) is 24.1. The first-order chi connectivity index (χ1) is 10.5. The molecule has 0 fully saturated rings. The van der Waals surface area contributed by atoms with Gasteiger partial charge < -0.3 is 15.6 Å². The molecule has 1 amide bonds. The van der Waals surface area contributed by atoms with Gasteiger partial charge in [0.05, 0.1) is 6.54 Å². The number of aryl methyl sites for hydroxylation is 1. The molecule has 116 valence electrons. The smallest absolute Gasteiger partial charge is 0.274 e. The van der Waals surface area contributed by atoms with E-state index >= 15 is 0 Å². The van der Waals surface area contributed by atoms with Crippen molar-refractivity contribution in [3.8, 4) is 0 Å². The summed E-state index contributed by atoms with van der Waals surface area (Å²) in [7, 11) is 0. The van der Waals surface area contributed by atoms with Crippen molar-refractivity contribution in [3.63, 3.8) is 0 Å². The van der Waals surface area contributed by atoms with E-state index in [9.17, 15) is 9.59 Å². The van der Waals surface area contributed by atoms with Gasteiger partial charge in [0.1, 0.15) is 5.69 Å². The Morgan fingerprint density at radius 3 is 2.59 bits per heavy atom. The molecule has 0 saturated carbocycles. The second-order valence-corrected chi connectivity index (χ2v) is 5.57. The number of pyridine rings is 1. The van der Waals surface area contributed by atoms with E-state index in [1.165, 1.54) is 5.56 Å². The van der Waals surface area contributed by atoms with Crippen molar-refractivity contribution in [2.45, 2.75) is 32.9 Å². The number of carbonyl (C=O) groups is 1. The lowest BCUT2D eigenvalue weighted by Crippen LogP contribution is -2.29. The van der Waals surface area contributed by atoms with E-state index in [1.807, 2.05) is 31.2 Å². The van der Waals surface area contributed by atoms with Crippen molar-refractivity contribution < 1.29 is 4.79 Å². The number of amides is 1. The standard InChI is InChI=1S/C17H21N3O2/c1-12-5-7-14(8-6-12)11-20-9-3-4-15(17(20)22)19-16(21)10-13(2)18/h3-9,13H,10-11,18H2,1-2H3,(H,19,21). The number of nitrogens with one attached hydrogen (secondary N) is 1. The first-order valence-electron chi connectivity index (χ1n) is 7.26. The summed E-state index contributed by atoms with van der Waals surface area (Å²) < 4.78 is 1.58. The lowest BCUT2D eigenvalue weighted by atomic mass is 10.1. The maximum atomic E-state index is 12.4. The molecule has 0 radical (unpaired) electrons. The summed E-state index contributed by atoms with van der Waals surface area (Å²) in [5.41, 5.74) is 7.85. The van der Waals surface area contributed by atoms with Crippen LogP contribution in [-0.4, -0.2) is 16.5 Å². The van der Waals surface area contributed by atoms with E-state index < -0.39 is 0 Å². The van der Waals surface area contributed by atoms with Crippen molar-refractivity contribution in [1.29, 1.82) is 0 Å². The predicted octanol–water partition coefficient (Wildman–Crippen LogP) is 1.88. The van der Waals surface area contributed by atoms with Crippen molar-refractivity contribution in [2.75, 3.05) is 5.32 Å². The molecule has 1 unspecified atom stereocenters. The summed E-state index contributed by atoms with van der Waals surface area (Å²) in [6, 6.07) is 11.1. The first-order valence-corrected chi connectivity index (χ1v) is 7.26. The Bertz CT molecular complexity index is 703. The van der Waals surface area contributed by atoms with Crippen LogP contribution in [0.3, 0.4) is 0 Å². The highest BCUT2D eigenvalue weighted by atomic mass is 16.2. The van der Waals surface area contributed by atoms with E-state index in [0.717, 1.165) is 5.56 Å². The molecule has 0 bridgehead atoms. The summed E-state index contributed by atoms with van der Waals surface area (Å²) in [6.45, 7) is 4.24. The number of rotatable bonds is 5. The molecule has 2 aromatic rings. The van der Waals surface area contributed by atoms with Gasteiger partial charge in [0.25, 0.3) is 5.56 Å². The van der Waals surface area contributed by atoms with Gasteiger partial charge in [-0.2, -0.15) is 0 Å². The Morgan fingerprint density at radius 2 is 1.95 bits per heavy atom. The van der Waals surface area contributed by atoms with Crippen LogP contribution in [-0.2, 0) is 11.3 Å². The Morgan fingerprint density at radius 1 is 1.27 bits per heavy atom. The second-order valence-electron chi connectivity index (χ2n) is 5.57. The third-order valence-corrected chi connectivity index (χ3v) is 3.28. The van der Waals surface area contributed by atoms with Gasteiger partial charge in [0.15, 0.2) is 0 Å². The molecule has 1 atom stereocenters. The van der Waals surface area contributed by atoms with Gasteiger partial charge in [-0.1, -0.05) is 29.8 Å². The predicted molar refractivity (Wildman–Crippen MR) is 87.9 cm³/mol. The molecule has 5 heteroatoms. The summed E-state index contributed by atoms with van der Waals surface area (Å²) in [5, 5.41) is 2.62. The van der Waals surface area contributed by atoms with Gasteiger partial charge in [0.2, 0.25) is 5.91 Å². The normalized spacial score (nSPS) is 12.0. The van der Waals surface area contributed by atoms with Crippen molar-refractivity contribution >= 4 is 11.6 Å². The van der Waals surface area contributed by atoms with Gasteiger partial charge in [-0.15, -0.1) is 0 Å². The number of hydrogen-bond acceptors (Lipinski definition) is 3. The minimum atomic E-state index is -0.250. The third kappa shape index (κ3) is 4.30. The number of nitrogens with two attached hydrogens (primary N) is 1. The molecule has 2 rings (SSSR count). The van der Waals surface area contributed by atoms with Crippen LogP contribution < -0.4 is 16.6 Å². The van der Waals surface area contributed by atoms with Crippen molar-refractivity contribution in [2.24, 2.45) is 5.73 Å². The van der Waals surface area contributed by atoms with E-state index in [2.05, 4.69) is 5.32 Å². The number of carbonyl (C=O) groups excluding carboxylic acids is 1. The Balaban J connectivity index is 2.17. The zero-order chi connectivity index (χ0) is 16.1. The zero-order valence-electron chi connectivity index (χ0n) is 12.9. The highest BCUT2D eigenvalue weighted by Crippen LogP contribution is 2.06. The molecule has 5 nitrogen and oxygen atoms in total. The highest BCUT2D eigenvalue weighted by molar-refractivity contribution is 5.90. The second kappa shape index (κ2) is 7.04. The average Bonchev–Trinajstić information content (AvgIpc) is 2.45. The summed E-state index contributed by atoms with van der Waals surface area (Å²) in [6.07, 6.45) is 1.90. The maximum Gasteiger partial charge on any atom is 0.274 e. The summed E-state index contributed by atoms with van der Waals surface area (Å²) >= 11 is 0. The Labute approximate surface area is 129 Å². The average molecular weight is 299 g/mol. The minimum absolute atomic E-state index is 0.187. The molecule has 0 spiro atoms. The van der Waals surface area contributed by atoms with Crippen LogP contribution >= 0.6 is 0 Å². The molecule has 1 heterocycles. The number of anilines is 1. The first kappa shape index (κ1) is 16.0. The van der Waals surface area contributed by atoms with E-state index in [0.29, 0.717) is 6.54 Å². The number of nitrogens with zero attached hydrogens (tertiary/aromatic N) is 1. The maximum absolute atomic E-state index is 12.4. The summed E-state index contributed by atoms with van der Waals surface area (Å²) in [5.74, 6) is -0.250. The Kier molecular flexibility index (Phi) is 5.12. The molecule has 0 aliphatic carbocycles. The SMILES string of the molecule is Cc1ccc(Cn2cccc(NC(=O)CC(C)N)c2=O)cc1. The van der Waals surface area contributed by atoms with Crippen LogP contribution in [0, 0.1) is 6.92 Å². The van der Waals surface area contributed by atoms with E-state index in [-0.39, 0.29) is 29.6 Å². The van der Waals surface area contributed by atoms with Crippen LogP contribution in [0.1, 0.15) is 24.5 Å². The molecule has 0 saturated heterocycles. The molecule has 1 aromatic carbocycles. The highest BCUT2D eigenvalue weighted by Gasteiger charge is 2.09. The molecule has 3 N–H and O–H groups in total. The van der Waals surface area contributed by atoms with E-state index in [1.54, 1.807) is 29.8 Å². The zero-order valence-corrected chi connectivity index (χ0v) is 12.9. The van der Waals surface area contributed by atoms with Gasteiger partial charge >= 0.3 is 0 Å². The van der Waals surface area contributed by atoms with Crippen LogP contribution in [0.15, 0.2) is 47.4 Å². The lowest BCUT2D eigenvalue weighted by molar-refractivity contribution is -0.116. The van der Waals surface area contributed by atoms with Crippen LogP contribution in [0.2, 0.25) is 0 Å². The van der Waals surface area contributed by atoms with Gasteiger partial charge in [-0.05, 0) is 31.5 Å². The van der Waals surface area contributed by atoms with Crippen molar-refractivity contribution in [3.05, 3.63) is 64.1 Å². The molecule has 0 aliphatic rings. The minimum Gasteiger partial charge on any atom is -0.327 e. The third-order valence-electron chi connectivity index (χ3n) is 3.28. The molecular weight excluding hydrogens is 278 g/mol. The molecule has 22 heavy (non-hydrogen) atoms. The fourth-order valence-corrected chi connectivity index (χ4v) is 2.14. The van der Waals surface area contributed by atoms with Gasteiger partial charge in [0, 0.05) is 18.7 Å². The van der Waals surface area contributed by atoms with Crippen LogP contribution in [0.4, 0.5) is 5.69 Å². The monoisotopic (exact) mass is 299 g/mol. The Hall–Kier alpha value is -2.40. The molecular formula is C17H21N3O2. The topological polar surface area (TPSA) is 77.1 Å². The lowest BCUT2D eigenvalue weighted by Gasteiger charge is -2.10. The molecule has 0 aliphatic heterocycles. The van der Waals surface area contributed by atoms with Crippen LogP contribution in [0.25, 0.3) is 0 Å². The largest absolute Gasteiger partial charge is 0.327 e. The molecule has 1 aromatic heterocycles. The fourth-order valence-electron chi connectivity index (χ4n) is 2.14. The van der Waals surface area contributed by atoms with Gasteiger partial charge in [-0.25, -0.2) is 0 Å². The van der Waals surface area contributed by atoms with E-state index in [4.69, 9.17) is 5.73 Å². The quantitative estimate of drug-likeness (QED) is 0.885. The van der Waals surface area contributed by atoms with Gasteiger partial charge in [-0.3, -0.25) is 9.59 Å². The number of benzene rings is 1. The number of aromatic nitrogens is 1. The van der Waals surface area contributed by atoms with Crippen LogP contribution in [0.5, 0.6) is 0 Å².